The number of piperidine rings is 1. The van der Waals surface area contributed by atoms with Gasteiger partial charge in [-0.05, 0) is 59.4 Å². The summed E-state index contributed by atoms with van der Waals surface area (Å²) in [4.78, 5) is 4.97. The maximum Gasteiger partial charge on any atom is 0.0521 e. The van der Waals surface area contributed by atoms with Gasteiger partial charge < -0.3 is 19.9 Å². The molecule has 4 heteroatoms. The minimum absolute atomic E-state index is 0.633. The predicted octanol–water partition coefficient (Wildman–Crippen LogP) is 0.885. The molecule has 0 aromatic heterocycles. The number of hydrogen-bond donors (Lipinski definition) is 1. The molecule has 2 aliphatic rings. The first-order chi connectivity index (χ1) is 9.19. The van der Waals surface area contributed by atoms with Crippen LogP contribution in [0.5, 0.6) is 0 Å². The van der Waals surface area contributed by atoms with Crippen molar-refractivity contribution in [2.24, 2.45) is 11.8 Å². The van der Waals surface area contributed by atoms with Crippen molar-refractivity contribution in [2.45, 2.75) is 25.3 Å². The Morgan fingerprint density at radius 3 is 2.63 bits per heavy atom. The molecule has 2 fully saturated rings. The highest BCUT2D eigenvalue weighted by Gasteiger charge is 2.26. The summed E-state index contributed by atoms with van der Waals surface area (Å²) >= 11 is 0. The summed E-state index contributed by atoms with van der Waals surface area (Å²) in [6.45, 7) is 6.79. The van der Waals surface area contributed by atoms with Gasteiger partial charge in [0.1, 0.15) is 0 Å². The minimum atomic E-state index is 0.633. The van der Waals surface area contributed by atoms with E-state index in [1.54, 1.807) is 0 Å². The van der Waals surface area contributed by atoms with Crippen LogP contribution in [0.4, 0.5) is 0 Å². The molecule has 2 aliphatic heterocycles. The van der Waals surface area contributed by atoms with Crippen LogP contribution in [0.3, 0.4) is 0 Å². The van der Waals surface area contributed by atoms with Crippen LogP contribution in [0.15, 0.2) is 0 Å². The molecule has 2 heterocycles. The van der Waals surface area contributed by atoms with Crippen LogP contribution in [0, 0.1) is 11.8 Å². The summed E-state index contributed by atoms with van der Waals surface area (Å²) in [5.74, 6) is 1.54. The number of nitrogens with zero attached hydrogens (tertiary/aromatic N) is 2. The molecule has 0 spiro atoms. The van der Waals surface area contributed by atoms with Crippen molar-refractivity contribution in [1.29, 1.82) is 0 Å². The lowest BCUT2D eigenvalue weighted by Gasteiger charge is -2.36. The lowest BCUT2D eigenvalue weighted by molar-refractivity contribution is 0.0188. The summed E-state index contributed by atoms with van der Waals surface area (Å²) < 4.78 is 5.65. The summed E-state index contributed by atoms with van der Waals surface area (Å²) in [5.41, 5.74) is 0. The molecule has 0 aliphatic carbocycles. The minimum Gasteiger partial charge on any atom is -0.381 e. The first-order valence-electron chi connectivity index (χ1n) is 7.81. The van der Waals surface area contributed by atoms with E-state index in [1.807, 2.05) is 0 Å². The Kier molecular flexibility index (Phi) is 6.07. The Morgan fingerprint density at radius 2 is 1.95 bits per heavy atom. The van der Waals surface area contributed by atoms with Gasteiger partial charge in [0.15, 0.2) is 0 Å². The van der Waals surface area contributed by atoms with Gasteiger partial charge in [0.2, 0.25) is 0 Å². The van der Waals surface area contributed by atoms with Crippen molar-refractivity contribution in [3.05, 3.63) is 0 Å². The van der Waals surface area contributed by atoms with Crippen LogP contribution in [-0.4, -0.2) is 76.4 Å². The molecular formula is C15H31N3O. The van der Waals surface area contributed by atoms with Crippen LogP contribution in [0.2, 0.25) is 0 Å². The Balaban J connectivity index is 1.72. The third-order valence-electron chi connectivity index (χ3n) is 4.80. The van der Waals surface area contributed by atoms with E-state index in [0.717, 1.165) is 32.1 Å². The second kappa shape index (κ2) is 7.58. The topological polar surface area (TPSA) is 27.7 Å². The van der Waals surface area contributed by atoms with Gasteiger partial charge in [-0.15, -0.1) is 0 Å². The Hall–Kier alpha value is -0.160. The second-order valence-electron chi connectivity index (χ2n) is 6.49. The van der Waals surface area contributed by atoms with Gasteiger partial charge in [0, 0.05) is 31.7 Å². The lowest BCUT2D eigenvalue weighted by Crippen LogP contribution is -2.47. The Bertz CT molecular complexity index is 254. The number of rotatable bonds is 5. The monoisotopic (exact) mass is 269 g/mol. The van der Waals surface area contributed by atoms with Crippen LogP contribution >= 0.6 is 0 Å². The summed E-state index contributed by atoms with van der Waals surface area (Å²) in [6.07, 6.45) is 3.87. The molecule has 2 saturated heterocycles. The zero-order valence-corrected chi connectivity index (χ0v) is 12.9. The van der Waals surface area contributed by atoms with Crippen molar-refractivity contribution >= 4 is 0 Å². The van der Waals surface area contributed by atoms with Gasteiger partial charge in [0.25, 0.3) is 0 Å². The molecule has 0 radical (unpaired) electrons. The Morgan fingerprint density at radius 1 is 1.21 bits per heavy atom. The zero-order chi connectivity index (χ0) is 13.7. The highest BCUT2D eigenvalue weighted by Crippen LogP contribution is 2.19. The normalized spacial score (nSPS) is 30.9. The van der Waals surface area contributed by atoms with E-state index in [1.165, 1.54) is 32.5 Å². The lowest BCUT2D eigenvalue weighted by atomic mass is 9.93. The molecule has 2 rings (SSSR count). The van der Waals surface area contributed by atoms with Gasteiger partial charge in [-0.1, -0.05) is 0 Å². The summed E-state index contributed by atoms with van der Waals surface area (Å²) in [5, 5.41) is 3.46. The average molecular weight is 269 g/mol. The van der Waals surface area contributed by atoms with E-state index in [0.29, 0.717) is 12.0 Å². The molecule has 0 aromatic carbocycles. The zero-order valence-electron chi connectivity index (χ0n) is 12.9. The Labute approximate surface area is 118 Å². The molecule has 0 aromatic rings. The van der Waals surface area contributed by atoms with E-state index in [4.69, 9.17) is 4.74 Å². The van der Waals surface area contributed by atoms with Crippen molar-refractivity contribution in [3.63, 3.8) is 0 Å². The highest BCUT2D eigenvalue weighted by atomic mass is 16.5. The molecule has 2 unspecified atom stereocenters. The first-order valence-corrected chi connectivity index (χ1v) is 7.81. The number of hydrogen-bond acceptors (Lipinski definition) is 4. The maximum absolute atomic E-state index is 5.65. The third-order valence-corrected chi connectivity index (χ3v) is 4.80. The molecule has 4 nitrogen and oxygen atoms in total. The van der Waals surface area contributed by atoms with Gasteiger partial charge in [-0.25, -0.2) is 0 Å². The molecule has 1 N–H and O–H groups in total. The number of likely N-dealkylation sites (tertiary alicyclic amines) is 1. The van der Waals surface area contributed by atoms with E-state index in [2.05, 4.69) is 36.3 Å². The fraction of sp³-hybridized carbons (Fsp3) is 1.00. The molecule has 0 bridgehead atoms. The highest BCUT2D eigenvalue weighted by molar-refractivity contribution is 4.81. The molecule has 112 valence electrons. The number of nitrogens with one attached hydrogen (secondary N) is 1. The maximum atomic E-state index is 5.65. The smallest absolute Gasteiger partial charge is 0.0521 e. The largest absolute Gasteiger partial charge is 0.381 e. The van der Waals surface area contributed by atoms with Crippen LogP contribution in [-0.2, 0) is 4.74 Å². The molecule has 19 heavy (non-hydrogen) atoms. The SMILES string of the molecule is CNC1CCOCC1CN(C)CC1CCN(C)CC1. The van der Waals surface area contributed by atoms with E-state index in [-0.39, 0.29) is 0 Å². The van der Waals surface area contributed by atoms with E-state index < -0.39 is 0 Å². The van der Waals surface area contributed by atoms with Crippen molar-refractivity contribution in [3.8, 4) is 0 Å². The van der Waals surface area contributed by atoms with Gasteiger partial charge >= 0.3 is 0 Å². The van der Waals surface area contributed by atoms with Crippen molar-refractivity contribution in [1.82, 2.24) is 15.1 Å². The predicted molar refractivity (Wildman–Crippen MR) is 79.5 cm³/mol. The van der Waals surface area contributed by atoms with Crippen LogP contribution in [0.25, 0.3) is 0 Å². The van der Waals surface area contributed by atoms with E-state index >= 15 is 0 Å². The number of ether oxygens (including phenoxy) is 1. The molecule has 0 amide bonds. The van der Waals surface area contributed by atoms with Crippen molar-refractivity contribution < 1.29 is 4.74 Å². The van der Waals surface area contributed by atoms with E-state index in [9.17, 15) is 0 Å². The molecule has 2 atom stereocenters. The summed E-state index contributed by atoms with van der Waals surface area (Å²) in [7, 11) is 6.59. The standard InChI is InChI=1S/C15H31N3O/c1-16-15-6-9-19-12-14(15)11-18(3)10-13-4-7-17(2)8-5-13/h13-16H,4-12H2,1-3H3. The first kappa shape index (κ1) is 15.2. The molecular weight excluding hydrogens is 238 g/mol. The third kappa shape index (κ3) is 4.71. The fourth-order valence-electron chi connectivity index (χ4n) is 3.52. The average Bonchev–Trinajstić information content (AvgIpc) is 2.42. The summed E-state index contributed by atoms with van der Waals surface area (Å²) in [6, 6.07) is 0.633. The van der Waals surface area contributed by atoms with Gasteiger partial charge in [-0.2, -0.15) is 0 Å². The quantitative estimate of drug-likeness (QED) is 0.802. The van der Waals surface area contributed by atoms with Gasteiger partial charge in [-0.3, -0.25) is 0 Å². The van der Waals surface area contributed by atoms with Crippen LogP contribution < -0.4 is 5.32 Å². The fourth-order valence-corrected chi connectivity index (χ4v) is 3.52. The molecule has 0 saturated carbocycles. The van der Waals surface area contributed by atoms with Gasteiger partial charge in [0.05, 0.1) is 6.61 Å². The van der Waals surface area contributed by atoms with Crippen molar-refractivity contribution in [2.75, 3.05) is 60.5 Å². The van der Waals surface area contributed by atoms with Crippen LogP contribution in [0.1, 0.15) is 19.3 Å². The second-order valence-corrected chi connectivity index (χ2v) is 6.49.